The van der Waals surface area contributed by atoms with Crippen molar-refractivity contribution in [3.8, 4) is 6.07 Å². The number of nitrogens with one attached hydrogen (secondary N) is 1. The van der Waals surface area contributed by atoms with Crippen molar-refractivity contribution >= 4 is 27.4 Å². The Morgan fingerprint density at radius 2 is 1.87 bits per heavy atom. The Balaban J connectivity index is 1.90. The van der Waals surface area contributed by atoms with Crippen LogP contribution in [0.3, 0.4) is 0 Å². The van der Waals surface area contributed by atoms with Gasteiger partial charge in [-0.05, 0) is 36.8 Å². The lowest BCUT2D eigenvalue weighted by Crippen LogP contribution is -2.46. The Kier molecular flexibility index (Phi) is 6.59. The quantitative estimate of drug-likeness (QED) is 0.696. The van der Waals surface area contributed by atoms with E-state index in [-0.39, 0.29) is 16.1 Å². The molecule has 0 aliphatic carbocycles. The minimum Gasteiger partial charge on any atom is -0.478 e. The van der Waals surface area contributed by atoms with E-state index in [9.17, 15) is 18.3 Å². The zero-order chi connectivity index (χ0) is 21.7. The zero-order valence-corrected chi connectivity index (χ0v) is 17.5. The summed E-state index contributed by atoms with van der Waals surface area (Å²) in [6, 6.07) is 13.3. The first-order valence-corrected chi connectivity index (χ1v) is 11.1. The summed E-state index contributed by atoms with van der Waals surface area (Å²) in [5.74, 6) is -1.13. The Morgan fingerprint density at radius 1 is 1.17 bits per heavy atom. The third-order valence-electron chi connectivity index (χ3n) is 5.12. The molecule has 2 aromatic rings. The van der Waals surface area contributed by atoms with Crippen molar-refractivity contribution in [1.29, 1.82) is 5.26 Å². The number of nitriles is 1. The van der Waals surface area contributed by atoms with Crippen LogP contribution < -0.4 is 9.62 Å². The SMILES string of the molecule is Cc1ccccc1S(=O)(=O)Nc1cc(C(=O)O)ccc1N1CCN(CCC#N)CC1. The van der Waals surface area contributed by atoms with Gasteiger partial charge in [-0.2, -0.15) is 5.26 Å². The number of rotatable bonds is 7. The molecule has 2 N–H and O–H groups in total. The third-order valence-corrected chi connectivity index (χ3v) is 6.65. The molecule has 1 aliphatic heterocycles. The maximum Gasteiger partial charge on any atom is 0.335 e. The van der Waals surface area contributed by atoms with Gasteiger partial charge in [0.2, 0.25) is 0 Å². The molecule has 0 aromatic heterocycles. The van der Waals surface area contributed by atoms with Crippen LogP contribution in [0.5, 0.6) is 0 Å². The standard InChI is InChI=1S/C21H24N4O4S/c1-16-5-2-3-6-20(16)30(28,29)23-18-15-17(21(26)27)7-8-19(18)25-13-11-24(12-14-25)10-4-9-22/h2-3,5-8,15,23H,4,10-14H2,1H3,(H,26,27). The van der Waals surface area contributed by atoms with E-state index < -0.39 is 16.0 Å². The molecule has 158 valence electrons. The summed E-state index contributed by atoms with van der Waals surface area (Å²) in [5.41, 5.74) is 1.49. The number of carboxylic acid groups (broad SMARTS) is 1. The number of hydrogen-bond acceptors (Lipinski definition) is 6. The number of carbonyl (C=O) groups is 1. The van der Waals surface area contributed by atoms with Gasteiger partial charge in [0.15, 0.2) is 0 Å². The minimum atomic E-state index is -3.89. The fourth-order valence-corrected chi connectivity index (χ4v) is 4.82. The van der Waals surface area contributed by atoms with Crippen LogP contribution in [0.15, 0.2) is 47.4 Å². The first-order chi connectivity index (χ1) is 14.3. The van der Waals surface area contributed by atoms with Crippen LogP contribution in [-0.4, -0.2) is 57.1 Å². The van der Waals surface area contributed by atoms with Gasteiger partial charge in [-0.25, -0.2) is 13.2 Å². The summed E-state index contributed by atoms with van der Waals surface area (Å²) >= 11 is 0. The van der Waals surface area contributed by atoms with Crippen molar-refractivity contribution < 1.29 is 18.3 Å². The minimum absolute atomic E-state index is 0.00823. The second kappa shape index (κ2) is 9.15. The zero-order valence-electron chi connectivity index (χ0n) is 16.7. The summed E-state index contributed by atoms with van der Waals surface area (Å²) in [4.78, 5) is 15.8. The van der Waals surface area contributed by atoms with Crippen molar-refractivity contribution in [1.82, 2.24) is 4.90 Å². The van der Waals surface area contributed by atoms with Crippen molar-refractivity contribution in [2.75, 3.05) is 42.3 Å². The number of nitrogens with zero attached hydrogens (tertiary/aromatic N) is 3. The Morgan fingerprint density at radius 3 is 2.50 bits per heavy atom. The highest BCUT2D eigenvalue weighted by Gasteiger charge is 2.23. The first kappa shape index (κ1) is 21.6. The molecule has 1 heterocycles. The van der Waals surface area contributed by atoms with Crippen LogP contribution in [-0.2, 0) is 10.0 Å². The molecule has 0 unspecified atom stereocenters. The predicted octanol–water partition coefficient (Wildman–Crippen LogP) is 2.53. The first-order valence-electron chi connectivity index (χ1n) is 9.62. The molecular formula is C21H24N4O4S. The molecule has 2 aromatic carbocycles. The monoisotopic (exact) mass is 428 g/mol. The van der Waals surface area contributed by atoms with Gasteiger partial charge in [-0.1, -0.05) is 18.2 Å². The molecule has 0 bridgehead atoms. The third kappa shape index (κ3) is 4.90. The normalized spacial score (nSPS) is 14.9. The number of aryl methyl sites for hydroxylation is 1. The highest BCUT2D eigenvalue weighted by Crippen LogP contribution is 2.31. The van der Waals surface area contributed by atoms with Gasteiger partial charge in [0.05, 0.1) is 27.9 Å². The molecule has 1 aliphatic rings. The highest BCUT2D eigenvalue weighted by molar-refractivity contribution is 7.92. The molecule has 0 radical (unpaired) electrons. The van der Waals surface area contributed by atoms with Crippen LogP contribution in [0, 0.1) is 18.3 Å². The largest absolute Gasteiger partial charge is 0.478 e. The highest BCUT2D eigenvalue weighted by atomic mass is 32.2. The van der Waals surface area contributed by atoms with Gasteiger partial charge in [-0.3, -0.25) is 9.62 Å². The van der Waals surface area contributed by atoms with E-state index in [1.54, 1.807) is 31.2 Å². The van der Waals surface area contributed by atoms with Crippen LogP contribution in [0.4, 0.5) is 11.4 Å². The average molecular weight is 429 g/mol. The maximum absolute atomic E-state index is 13.0. The molecule has 0 saturated carbocycles. The molecule has 30 heavy (non-hydrogen) atoms. The summed E-state index contributed by atoms with van der Waals surface area (Å²) in [7, 11) is -3.89. The molecule has 1 fully saturated rings. The number of carboxylic acids is 1. The topological polar surface area (TPSA) is 114 Å². The number of benzene rings is 2. The lowest BCUT2D eigenvalue weighted by atomic mass is 10.1. The molecule has 0 amide bonds. The Labute approximate surface area is 176 Å². The van der Waals surface area contributed by atoms with Gasteiger partial charge in [0, 0.05) is 39.1 Å². The van der Waals surface area contributed by atoms with E-state index in [1.165, 1.54) is 18.2 Å². The van der Waals surface area contributed by atoms with Crippen LogP contribution in [0.25, 0.3) is 0 Å². The molecule has 8 nitrogen and oxygen atoms in total. The van der Waals surface area contributed by atoms with Gasteiger partial charge in [0.1, 0.15) is 0 Å². The van der Waals surface area contributed by atoms with Crippen molar-refractivity contribution in [3.05, 3.63) is 53.6 Å². The van der Waals surface area contributed by atoms with Crippen molar-refractivity contribution in [2.24, 2.45) is 0 Å². The van der Waals surface area contributed by atoms with Gasteiger partial charge in [-0.15, -0.1) is 0 Å². The summed E-state index contributed by atoms with van der Waals surface area (Å²) in [5, 5.41) is 18.1. The average Bonchev–Trinajstić information content (AvgIpc) is 2.72. The fraction of sp³-hybridized carbons (Fsp3) is 0.333. The predicted molar refractivity (Wildman–Crippen MR) is 114 cm³/mol. The number of anilines is 2. The summed E-state index contributed by atoms with van der Waals surface area (Å²) in [6.45, 7) is 5.20. The molecular weight excluding hydrogens is 404 g/mol. The summed E-state index contributed by atoms with van der Waals surface area (Å²) < 4.78 is 28.6. The van der Waals surface area contributed by atoms with E-state index in [2.05, 4.69) is 15.7 Å². The van der Waals surface area contributed by atoms with E-state index in [4.69, 9.17) is 5.26 Å². The second-order valence-electron chi connectivity index (χ2n) is 7.14. The van der Waals surface area contributed by atoms with E-state index in [0.717, 1.165) is 13.1 Å². The van der Waals surface area contributed by atoms with Crippen molar-refractivity contribution in [3.63, 3.8) is 0 Å². The molecule has 3 rings (SSSR count). The number of hydrogen-bond donors (Lipinski definition) is 2. The smallest absolute Gasteiger partial charge is 0.335 e. The summed E-state index contributed by atoms with van der Waals surface area (Å²) in [6.07, 6.45) is 0.467. The van der Waals surface area contributed by atoms with E-state index >= 15 is 0 Å². The van der Waals surface area contributed by atoms with Gasteiger partial charge in [0.25, 0.3) is 10.0 Å². The lowest BCUT2D eigenvalue weighted by Gasteiger charge is -2.36. The van der Waals surface area contributed by atoms with Crippen molar-refractivity contribution in [2.45, 2.75) is 18.2 Å². The fourth-order valence-electron chi connectivity index (χ4n) is 3.50. The molecule has 1 saturated heterocycles. The van der Waals surface area contributed by atoms with E-state index in [1.807, 2.05) is 4.90 Å². The lowest BCUT2D eigenvalue weighted by molar-refractivity contribution is 0.0697. The number of piperazine rings is 1. The molecule has 9 heteroatoms. The second-order valence-corrected chi connectivity index (χ2v) is 8.80. The van der Waals surface area contributed by atoms with Crippen LogP contribution in [0.1, 0.15) is 22.3 Å². The molecule has 0 atom stereocenters. The Bertz CT molecular complexity index is 1070. The van der Waals surface area contributed by atoms with E-state index in [0.29, 0.717) is 37.3 Å². The van der Waals surface area contributed by atoms with Crippen LogP contribution in [0.2, 0.25) is 0 Å². The molecule has 0 spiro atoms. The van der Waals surface area contributed by atoms with Gasteiger partial charge >= 0.3 is 5.97 Å². The van der Waals surface area contributed by atoms with Gasteiger partial charge < -0.3 is 10.0 Å². The number of aromatic carboxylic acids is 1. The maximum atomic E-state index is 13.0. The Hall–Kier alpha value is -3.09. The van der Waals surface area contributed by atoms with Crippen LogP contribution >= 0.6 is 0 Å². The number of sulfonamides is 1.